The van der Waals surface area contributed by atoms with Crippen molar-refractivity contribution in [3.63, 3.8) is 0 Å². The van der Waals surface area contributed by atoms with Crippen molar-refractivity contribution in [3.05, 3.63) is 34.6 Å². The molecule has 0 aromatic carbocycles. The largest absolute Gasteiger partial charge is 0.508 e. The van der Waals surface area contributed by atoms with Crippen LogP contribution in [0.3, 0.4) is 0 Å². The van der Waals surface area contributed by atoms with E-state index in [-0.39, 0.29) is 18.4 Å². The first-order valence-electron chi connectivity index (χ1n) is 9.17. The van der Waals surface area contributed by atoms with E-state index < -0.39 is 40.9 Å². The van der Waals surface area contributed by atoms with Crippen molar-refractivity contribution >= 4 is 11.6 Å². The van der Waals surface area contributed by atoms with Crippen LogP contribution in [0.4, 0.5) is 0 Å². The summed E-state index contributed by atoms with van der Waals surface area (Å²) in [5, 5.41) is 32.4. The van der Waals surface area contributed by atoms with E-state index in [9.17, 15) is 24.9 Å². The lowest BCUT2D eigenvalue weighted by molar-refractivity contribution is -0.134. The smallest absolute Gasteiger partial charge is 0.176 e. The van der Waals surface area contributed by atoms with Crippen molar-refractivity contribution in [2.45, 2.75) is 72.5 Å². The summed E-state index contributed by atoms with van der Waals surface area (Å²) < 4.78 is 0. The Kier molecular flexibility index (Phi) is 7.54. The Balaban J connectivity index is 3.43. The van der Waals surface area contributed by atoms with Crippen molar-refractivity contribution in [1.82, 2.24) is 0 Å². The van der Waals surface area contributed by atoms with E-state index in [2.05, 4.69) is 0 Å². The van der Waals surface area contributed by atoms with E-state index in [4.69, 9.17) is 0 Å². The maximum absolute atomic E-state index is 12.9. The third-order valence-corrected chi connectivity index (χ3v) is 5.04. The monoisotopic (exact) mass is 364 g/mol. The molecule has 0 fully saturated rings. The van der Waals surface area contributed by atoms with E-state index in [1.54, 1.807) is 19.1 Å². The van der Waals surface area contributed by atoms with Crippen LogP contribution in [0, 0.1) is 11.8 Å². The van der Waals surface area contributed by atoms with Crippen molar-refractivity contribution in [2.75, 3.05) is 0 Å². The number of hydrogen-bond donors (Lipinski definition) is 3. The van der Waals surface area contributed by atoms with Crippen LogP contribution in [0.5, 0.6) is 0 Å². The molecule has 4 atom stereocenters. The fourth-order valence-electron chi connectivity index (χ4n) is 3.08. The Labute approximate surface area is 156 Å². The van der Waals surface area contributed by atoms with E-state index in [0.29, 0.717) is 6.42 Å². The summed E-state index contributed by atoms with van der Waals surface area (Å²) in [6.07, 6.45) is 2.84. The first kappa shape index (κ1) is 22.3. The minimum atomic E-state index is -2.16. The van der Waals surface area contributed by atoms with Crippen LogP contribution < -0.4 is 0 Å². The van der Waals surface area contributed by atoms with Crippen molar-refractivity contribution in [1.29, 1.82) is 0 Å². The molecular formula is C21H32O5. The van der Waals surface area contributed by atoms with Gasteiger partial charge in [0.25, 0.3) is 0 Å². The average Bonchev–Trinajstić information content (AvgIpc) is 2.76. The number of carbonyl (C=O) groups excluding carboxylic acids is 2. The van der Waals surface area contributed by atoms with Gasteiger partial charge in [0.1, 0.15) is 11.3 Å². The summed E-state index contributed by atoms with van der Waals surface area (Å²) in [4.78, 5) is 25.5. The van der Waals surface area contributed by atoms with Crippen LogP contribution in [0.15, 0.2) is 34.6 Å². The van der Waals surface area contributed by atoms with E-state index in [1.165, 1.54) is 0 Å². The molecule has 0 amide bonds. The molecule has 0 saturated heterocycles. The highest BCUT2D eigenvalue weighted by atomic mass is 16.4. The highest BCUT2D eigenvalue weighted by Gasteiger charge is 2.58. The van der Waals surface area contributed by atoms with Crippen molar-refractivity contribution in [2.24, 2.45) is 11.8 Å². The number of rotatable bonds is 8. The number of aliphatic hydroxyl groups excluding tert-OH is 2. The molecule has 1 aliphatic rings. The molecule has 5 nitrogen and oxygen atoms in total. The van der Waals surface area contributed by atoms with Crippen LogP contribution in [-0.2, 0) is 9.59 Å². The van der Waals surface area contributed by atoms with E-state index in [1.807, 2.05) is 34.6 Å². The Morgan fingerprint density at radius 1 is 1.19 bits per heavy atom. The molecular weight excluding hydrogens is 332 g/mol. The van der Waals surface area contributed by atoms with Gasteiger partial charge in [-0.2, -0.15) is 0 Å². The predicted molar refractivity (Wildman–Crippen MR) is 102 cm³/mol. The van der Waals surface area contributed by atoms with E-state index >= 15 is 0 Å². The van der Waals surface area contributed by atoms with Gasteiger partial charge in [-0.25, -0.2) is 0 Å². The van der Waals surface area contributed by atoms with Crippen molar-refractivity contribution < 1.29 is 24.9 Å². The molecule has 0 aliphatic heterocycles. The molecule has 0 heterocycles. The molecule has 0 spiro atoms. The maximum Gasteiger partial charge on any atom is 0.176 e. The molecule has 1 rings (SSSR count). The second-order valence-electron chi connectivity index (χ2n) is 7.69. The Morgan fingerprint density at radius 3 is 2.19 bits per heavy atom. The molecule has 1 aliphatic carbocycles. The first-order chi connectivity index (χ1) is 12.0. The normalized spacial score (nSPS) is 25.1. The molecule has 0 bridgehead atoms. The quantitative estimate of drug-likeness (QED) is 0.453. The number of hydrogen-bond acceptors (Lipinski definition) is 5. The van der Waals surface area contributed by atoms with Gasteiger partial charge in [-0.1, -0.05) is 37.1 Å². The number of ketones is 2. The van der Waals surface area contributed by atoms with Gasteiger partial charge in [-0.15, -0.1) is 0 Å². The SMILES string of the molecule is CCC(C)C(=O)C1=C(O)[C@](O)([C@@H](O)CC=C(C)C)[C@@H](CC=C(C)C)C1=O. The second-order valence-corrected chi connectivity index (χ2v) is 7.69. The van der Waals surface area contributed by atoms with Gasteiger partial charge < -0.3 is 15.3 Å². The van der Waals surface area contributed by atoms with Gasteiger partial charge in [0, 0.05) is 5.92 Å². The Bertz CT molecular complexity index is 647. The zero-order valence-corrected chi connectivity index (χ0v) is 16.7. The van der Waals surface area contributed by atoms with Gasteiger partial charge in [0.15, 0.2) is 17.2 Å². The minimum Gasteiger partial charge on any atom is -0.508 e. The molecule has 1 unspecified atom stereocenters. The number of allylic oxidation sites excluding steroid dienone is 4. The highest BCUT2D eigenvalue weighted by molar-refractivity contribution is 6.24. The standard InChI is InChI=1S/C21H32O5/c1-7-14(6)18(23)17-19(24)15(10-8-12(2)3)21(26,20(17)25)16(22)11-9-13(4)5/h8-9,14-16,22,25-26H,7,10-11H2,1-6H3/t14?,15-,16-,21+/m0/s1. The summed E-state index contributed by atoms with van der Waals surface area (Å²) >= 11 is 0. The molecule has 26 heavy (non-hydrogen) atoms. The highest BCUT2D eigenvalue weighted by Crippen LogP contribution is 2.43. The van der Waals surface area contributed by atoms with Gasteiger partial charge >= 0.3 is 0 Å². The van der Waals surface area contributed by atoms with Crippen LogP contribution in [0.25, 0.3) is 0 Å². The first-order valence-corrected chi connectivity index (χ1v) is 9.17. The fourth-order valence-corrected chi connectivity index (χ4v) is 3.08. The molecule has 0 radical (unpaired) electrons. The maximum atomic E-state index is 12.9. The van der Waals surface area contributed by atoms with Crippen LogP contribution in [0.1, 0.15) is 60.8 Å². The lowest BCUT2D eigenvalue weighted by Crippen LogP contribution is -2.49. The Morgan fingerprint density at radius 2 is 1.73 bits per heavy atom. The molecule has 0 aromatic heterocycles. The molecule has 5 heteroatoms. The average molecular weight is 364 g/mol. The van der Waals surface area contributed by atoms with Gasteiger partial charge in [-0.05, 0) is 47.0 Å². The van der Waals surface area contributed by atoms with Gasteiger partial charge in [0.2, 0.25) is 0 Å². The van der Waals surface area contributed by atoms with Crippen molar-refractivity contribution in [3.8, 4) is 0 Å². The zero-order chi connectivity index (χ0) is 20.2. The van der Waals surface area contributed by atoms with E-state index in [0.717, 1.165) is 11.1 Å². The zero-order valence-electron chi connectivity index (χ0n) is 16.7. The minimum absolute atomic E-state index is 0.0757. The topological polar surface area (TPSA) is 94.8 Å². The Hall–Kier alpha value is -1.72. The second kappa shape index (κ2) is 8.78. The molecule has 3 N–H and O–H groups in total. The number of carbonyl (C=O) groups is 2. The summed E-state index contributed by atoms with van der Waals surface area (Å²) in [5.41, 5.74) is -0.629. The third-order valence-electron chi connectivity index (χ3n) is 5.04. The predicted octanol–water partition coefficient (Wildman–Crippen LogP) is 3.42. The summed E-state index contributed by atoms with van der Waals surface area (Å²) in [5.74, 6) is -3.29. The summed E-state index contributed by atoms with van der Waals surface area (Å²) in [6.45, 7) is 10.9. The molecule has 0 aromatic rings. The van der Waals surface area contributed by atoms with Gasteiger partial charge in [-0.3, -0.25) is 9.59 Å². The summed E-state index contributed by atoms with van der Waals surface area (Å²) in [6, 6.07) is 0. The van der Waals surface area contributed by atoms with Gasteiger partial charge in [0.05, 0.1) is 12.0 Å². The number of aliphatic hydroxyl groups is 3. The fraction of sp³-hybridized carbons (Fsp3) is 0.619. The molecule has 146 valence electrons. The lowest BCUT2D eigenvalue weighted by atomic mass is 9.80. The van der Waals surface area contributed by atoms with Crippen LogP contribution >= 0.6 is 0 Å². The lowest BCUT2D eigenvalue weighted by Gasteiger charge is -2.33. The number of Topliss-reactive ketones (excluding diaryl/α,β-unsaturated/α-hetero) is 2. The van der Waals surface area contributed by atoms with Crippen LogP contribution in [-0.4, -0.2) is 38.6 Å². The third kappa shape index (κ3) is 4.33. The summed E-state index contributed by atoms with van der Waals surface area (Å²) in [7, 11) is 0. The molecule has 0 saturated carbocycles. The van der Waals surface area contributed by atoms with Crippen LogP contribution in [0.2, 0.25) is 0 Å².